The van der Waals surface area contributed by atoms with Crippen molar-refractivity contribution >= 4 is 31.8 Å². The fourth-order valence-corrected chi connectivity index (χ4v) is 7.65. The summed E-state index contributed by atoms with van der Waals surface area (Å²) in [6.07, 6.45) is 0.459. The molecule has 1 aliphatic rings. The van der Waals surface area contributed by atoms with Crippen LogP contribution in [0.3, 0.4) is 0 Å². The second-order valence-corrected chi connectivity index (χ2v) is 13.0. The predicted molar refractivity (Wildman–Crippen MR) is 161 cm³/mol. The van der Waals surface area contributed by atoms with Crippen molar-refractivity contribution in [1.82, 2.24) is 9.79 Å². The molecule has 13 nitrogen and oxygen atoms in total. The Morgan fingerprint density at radius 2 is 1.56 bits per heavy atom. The van der Waals surface area contributed by atoms with Gasteiger partial charge in [-0.15, -0.1) is 0 Å². The number of anilines is 1. The van der Waals surface area contributed by atoms with Crippen LogP contribution in [0.5, 0.6) is 17.2 Å². The van der Waals surface area contributed by atoms with Crippen LogP contribution in [0.15, 0.2) is 76.5 Å². The topological polar surface area (TPSA) is 174 Å². The largest absolute Gasteiger partial charge is 0.495 e. The zero-order valence-electron chi connectivity index (χ0n) is 23.9. The smallest absolute Gasteiger partial charge is 0.340 e. The van der Waals surface area contributed by atoms with Crippen LogP contribution in [0, 0.1) is 12.3 Å². The number of para-hydroxylation sites is 2. The zero-order chi connectivity index (χ0) is 31.0. The molecule has 1 heterocycles. The summed E-state index contributed by atoms with van der Waals surface area (Å²) < 4.78 is 72.2. The van der Waals surface area contributed by atoms with Crippen LogP contribution >= 0.6 is 0 Å². The molecule has 1 fully saturated rings. The Labute approximate surface area is 251 Å². The van der Waals surface area contributed by atoms with Gasteiger partial charge in [0.2, 0.25) is 16.0 Å². The molecule has 232 valence electrons. The molecule has 0 bridgehead atoms. The van der Waals surface area contributed by atoms with Gasteiger partial charge in [0.15, 0.2) is 0 Å². The third kappa shape index (κ3) is 8.07. The molecule has 0 spiro atoms. The average Bonchev–Trinajstić information content (AvgIpc) is 2.98. The van der Waals surface area contributed by atoms with Crippen molar-refractivity contribution in [3.8, 4) is 17.2 Å². The summed E-state index contributed by atoms with van der Waals surface area (Å²) in [5, 5.41) is 7.05. The summed E-state index contributed by atoms with van der Waals surface area (Å²) in [5.41, 5.74) is 8.89. The highest BCUT2D eigenvalue weighted by Gasteiger charge is 2.34. The molecule has 15 heteroatoms. The summed E-state index contributed by atoms with van der Waals surface area (Å²) in [4.78, 5) is 6.19. The molecule has 0 saturated carbocycles. The van der Waals surface area contributed by atoms with E-state index in [9.17, 15) is 16.8 Å². The molecule has 43 heavy (non-hydrogen) atoms. The van der Waals surface area contributed by atoms with E-state index in [2.05, 4.69) is 5.48 Å². The highest BCUT2D eigenvalue weighted by molar-refractivity contribution is 7.91. The molecular formula is C28H35N5O8S2. The summed E-state index contributed by atoms with van der Waals surface area (Å²) in [6.45, 7) is 3.32. The molecular weight excluding hydrogens is 598 g/mol. The number of methoxy groups -OCH3 is 1. The van der Waals surface area contributed by atoms with Crippen LogP contribution < -0.4 is 29.8 Å². The highest BCUT2D eigenvalue weighted by Crippen LogP contribution is 2.32. The van der Waals surface area contributed by atoms with Gasteiger partial charge in [0.1, 0.15) is 27.0 Å². The Bertz CT molecular complexity index is 1640. The summed E-state index contributed by atoms with van der Waals surface area (Å²) in [6, 6.07) is 17.5. The van der Waals surface area contributed by atoms with E-state index in [-0.39, 0.29) is 42.9 Å². The lowest BCUT2D eigenvalue weighted by atomic mass is 10.2. The summed E-state index contributed by atoms with van der Waals surface area (Å²) >= 11 is 0. The number of ether oxygens (including phenoxy) is 2. The lowest BCUT2D eigenvalue weighted by Gasteiger charge is -2.36. The van der Waals surface area contributed by atoms with Gasteiger partial charge in [-0.2, -0.15) is 12.7 Å². The van der Waals surface area contributed by atoms with Crippen molar-refractivity contribution in [2.24, 2.45) is 5.73 Å². The first kappa shape index (κ1) is 31.9. The first-order valence-corrected chi connectivity index (χ1v) is 16.2. The lowest BCUT2D eigenvalue weighted by molar-refractivity contribution is 0.0733. The van der Waals surface area contributed by atoms with Crippen molar-refractivity contribution in [2.45, 2.75) is 23.1 Å². The van der Waals surface area contributed by atoms with Gasteiger partial charge in [-0.1, -0.05) is 24.3 Å². The summed E-state index contributed by atoms with van der Waals surface area (Å²) in [5.74, 6) is 0.706. The quantitative estimate of drug-likeness (QED) is 0.0830. The first-order valence-electron chi connectivity index (χ1n) is 13.4. The highest BCUT2D eigenvalue weighted by atomic mass is 32.2. The lowest BCUT2D eigenvalue weighted by Crippen LogP contribution is -2.49. The summed E-state index contributed by atoms with van der Waals surface area (Å²) in [7, 11) is -7.15. The minimum absolute atomic E-state index is 0.0258. The number of piperazine rings is 1. The fourth-order valence-electron chi connectivity index (χ4n) is 4.54. The van der Waals surface area contributed by atoms with E-state index in [1.165, 1.54) is 40.7 Å². The van der Waals surface area contributed by atoms with Crippen molar-refractivity contribution in [3.05, 3.63) is 72.3 Å². The molecule has 4 N–H and O–H groups in total. The number of rotatable bonds is 13. The van der Waals surface area contributed by atoms with Crippen LogP contribution in [0.2, 0.25) is 0 Å². The number of aryl methyl sites for hydroxylation is 1. The number of benzene rings is 3. The van der Waals surface area contributed by atoms with Crippen LogP contribution in [0.25, 0.3) is 0 Å². The van der Waals surface area contributed by atoms with Gasteiger partial charge < -0.3 is 24.3 Å². The van der Waals surface area contributed by atoms with Crippen LogP contribution in [-0.4, -0.2) is 73.6 Å². The second kappa shape index (κ2) is 13.9. The van der Waals surface area contributed by atoms with E-state index in [4.69, 9.17) is 29.6 Å². The van der Waals surface area contributed by atoms with Gasteiger partial charge in [-0.25, -0.2) is 13.9 Å². The number of nitrogens with one attached hydrogen (secondary N) is 2. The van der Waals surface area contributed by atoms with Gasteiger partial charge in [-0.3, -0.25) is 10.2 Å². The minimum Gasteiger partial charge on any atom is -0.495 e. The maximum absolute atomic E-state index is 13.7. The predicted octanol–water partition coefficient (Wildman–Crippen LogP) is 2.47. The molecule has 3 aromatic rings. The van der Waals surface area contributed by atoms with Crippen molar-refractivity contribution in [2.75, 3.05) is 51.4 Å². The molecule has 1 aliphatic heterocycles. The van der Waals surface area contributed by atoms with Crippen molar-refractivity contribution < 1.29 is 35.3 Å². The Morgan fingerprint density at radius 3 is 2.26 bits per heavy atom. The molecule has 0 unspecified atom stereocenters. The number of hydrogen-bond donors (Lipinski definition) is 3. The maximum atomic E-state index is 13.7. The number of sulfonamides is 1. The van der Waals surface area contributed by atoms with Crippen molar-refractivity contribution in [3.63, 3.8) is 0 Å². The van der Waals surface area contributed by atoms with E-state index in [1.54, 1.807) is 20.1 Å². The monoisotopic (exact) mass is 633 g/mol. The van der Waals surface area contributed by atoms with E-state index in [0.29, 0.717) is 36.6 Å². The first-order chi connectivity index (χ1) is 20.5. The normalized spacial score (nSPS) is 14.2. The SMILES string of the molecule is COc1ccccc1N1CCN(S(=O)(=O)c2ccccc2S(=O)(=O)Oc2cc(C)cc(OCCCONC(=N)N)c2)CC1. The second-order valence-electron chi connectivity index (χ2n) is 9.60. The van der Waals surface area contributed by atoms with Crippen molar-refractivity contribution in [1.29, 1.82) is 5.41 Å². The molecule has 1 saturated heterocycles. The van der Waals surface area contributed by atoms with Gasteiger partial charge >= 0.3 is 10.1 Å². The van der Waals surface area contributed by atoms with E-state index < -0.39 is 25.0 Å². The van der Waals surface area contributed by atoms with E-state index >= 15 is 0 Å². The Kier molecular flexibility index (Phi) is 10.3. The average molecular weight is 634 g/mol. The van der Waals surface area contributed by atoms with Gasteiger partial charge in [0.05, 0.1) is 26.0 Å². The molecule has 0 aromatic heterocycles. The van der Waals surface area contributed by atoms with Crippen LogP contribution in [0.1, 0.15) is 12.0 Å². The maximum Gasteiger partial charge on any atom is 0.340 e. The number of hydroxylamine groups is 1. The van der Waals surface area contributed by atoms with Crippen LogP contribution in [0.4, 0.5) is 5.69 Å². The number of nitrogens with zero attached hydrogens (tertiary/aromatic N) is 2. The Balaban J connectivity index is 1.47. The standard InChI is InChI=1S/C28H35N5O8S2/c1-21-18-22(39-16-7-17-40-31-28(29)30)20-23(19-21)41-43(36,37)27-11-6-5-10-26(27)42(34,35)33-14-12-32(13-15-33)24-8-3-4-9-25(24)38-2/h3-6,8-11,18-20H,7,12-17H2,1-2H3,(H4,29,30,31). The van der Waals surface area contributed by atoms with Gasteiger partial charge in [0, 0.05) is 38.7 Å². The third-order valence-corrected chi connectivity index (χ3v) is 9.87. The molecule has 0 aliphatic carbocycles. The third-order valence-electron chi connectivity index (χ3n) is 6.47. The number of guanidine groups is 1. The molecule has 3 aromatic carbocycles. The Hall–Kier alpha value is -4.05. The molecule has 0 amide bonds. The van der Waals surface area contributed by atoms with E-state index in [0.717, 1.165) is 5.69 Å². The van der Waals surface area contributed by atoms with Gasteiger partial charge in [-0.05, 0) is 48.9 Å². The van der Waals surface area contributed by atoms with Gasteiger partial charge in [0.25, 0.3) is 0 Å². The fraction of sp³-hybridized carbons (Fsp3) is 0.321. The van der Waals surface area contributed by atoms with E-state index in [1.807, 2.05) is 29.2 Å². The number of hydrogen-bond acceptors (Lipinski definition) is 10. The zero-order valence-corrected chi connectivity index (χ0v) is 25.5. The molecule has 4 rings (SSSR count). The molecule has 0 atom stereocenters. The minimum atomic E-state index is -4.55. The molecule has 0 radical (unpaired) electrons. The number of nitrogens with two attached hydrogens (primary N) is 1. The Morgan fingerprint density at radius 1 is 0.907 bits per heavy atom. The van der Waals surface area contributed by atoms with Crippen LogP contribution in [-0.2, 0) is 25.0 Å².